The summed E-state index contributed by atoms with van der Waals surface area (Å²) in [5.74, 6) is -0.273. The van der Waals surface area contributed by atoms with E-state index in [9.17, 15) is 13.2 Å². The topological polar surface area (TPSA) is 75.3 Å². The summed E-state index contributed by atoms with van der Waals surface area (Å²) in [6, 6.07) is 10.6. The maximum absolute atomic E-state index is 12.3. The Labute approximate surface area is 134 Å². The second-order valence-corrected chi connectivity index (χ2v) is 6.79. The summed E-state index contributed by atoms with van der Waals surface area (Å²) < 4.78 is 27.2. The molecule has 2 rings (SSSR count). The van der Waals surface area contributed by atoms with Crippen molar-refractivity contribution in [2.75, 3.05) is 11.8 Å². The normalized spacial score (nSPS) is 11.0. The first kappa shape index (κ1) is 16.3. The van der Waals surface area contributed by atoms with E-state index in [0.717, 1.165) is 5.56 Å². The molecular weight excluding hydrogens is 324 g/mol. The molecule has 0 saturated carbocycles. The van der Waals surface area contributed by atoms with Crippen LogP contribution < -0.4 is 10.0 Å². The van der Waals surface area contributed by atoms with Crippen molar-refractivity contribution >= 4 is 33.2 Å². The molecule has 0 saturated heterocycles. The number of anilines is 1. The molecule has 0 aromatic heterocycles. The molecule has 0 unspecified atom stereocenters. The number of carbonyl (C=O) groups is 1. The third kappa shape index (κ3) is 3.58. The predicted molar refractivity (Wildman–Crippen MR) is 86.8 cm³/mol. The molecule has 2 N–H and O–H groups in total. The van der Waals surface area contributed by atoms with Gasteiger partial charge in [-0.1, -0.05) is 11.6 Å². The summed E-state index contributed by atoms with van der Waals surface area (Å²) in [6.07, 6.45) is 0. The highest BCUT2D eigenvalue weighted by molar-refractivity contribution is 7.92. The number of carbonyl (C=O) groups excluding carboxylic acids is 1. The van der Waals surface area contributed by atoms with Crippen LogP contribution in [-0.4, -0.2) is 21.4 Å². The Morgan fingerprint density at radius 3 is 2.27 bits per heavy atom. The first-order valence-electron chi connectivity index (χ1n) is 6.44. The molecule has 5 nitrogen and oxygen atoms in total. The van der Waals surface area contributed by atoms with E-state index in [1.54, 1.807) is 25.1 Å². The van der Waals surface area contributed by atoms with Crippen LogP contribution in [0.1, 0.15) is 15.9 Å². The zero-order valence-corrected chi connectivity index (χ0v) is 13.6. The Bertz CT molecular complexity index is 802. The molecule has 0 atom stereocenters. The number of hydrogen-bond donors (Lipinski definition) is 2. The number of nitrogens with one attached hydrogen (secondary N) is 2. The van der Waals surface area contributed by atoms with Crippen LogP contribution in [0.5, 0.6) is 0 Å². The van der Waals surface area contributed by atoms with Crippen molar-refractivity contribution in [2.24, 2.45) is 0 Å². The van der Waals surface area contributed by atoms with E-state index in [0.29, 0.717) is 16.3 Å². The smallest absolute Gasteiger partial charge is 0.261 e. The van der Waals surface area contributed by atoms with Crippen molar-refractivity contribution < 1.29 is 13.2 Å². The number of rotatable bonds is 4. The lowest BCUT2D eigenvalue weighted by Gasteiger charge is -2.11. The highest BCUT2D eigenvalue weighted by Crippen LogP contribution is 2.23. The second-order valence-electron chi connectivity index (χ2n) is 4.67. The van der Waals surface area contributed by atoms with Crippen LogP contribution in [-0.2, 0) is 10.0 Å². The highest BCUT2D eigenvalue weighted by Gasteiger charge is 2.16. The minimum atomic E-state index is -3.72. The summed E-state index contributed by atoms with van der Waals surface area (Å²) in [4.78, 5) is 11.5. The van der Waals surface area contributed by atoms with Crippen LogP contribution in [0, 0.1) is 6.92 Å². The van der Waals surface area contributed by atoms with E-state index >= 15 is 0 Å². The maximum atomic E-state index is 12.3. The summed E-state index contributed by atoms with van der Waals surface area (Å²) in [5.41, 5.74) is 1.57. The predicted octanol–water partition coefficient (Wildman–Crippen LogP) is 2.81. The summed E-state index contributed by atoms with van der Waals surface area (Å²) in [6.45, 7) is 1.76. The molecule has 0 radical (unpaired) electrons. The molecule has 0 aliphatic rings. The SMILES string of the molecule is CNC(=O)c1ccc(S(=O)(=O)Nc2ccc(Cl)cc2C)cc1. The van der Waals surface area contributed by atoms with Crippen molar-refractivity contribution in [2.45, 2.75) is 11.8 Å². The number of halogens is 1. The second kappa shape index (κ2) is 6.37. The lowest BCUT2D eigenvalue weighted by Crippen LogP contribution is -2.18. The Hall–Kier alpha value is -2.05. The molecule has 0 heterocycles. The van der Waals surface area contributed by atoms with E-state index in [1.807, 2.05) is 0 Å². The van der Waals surface area contributed by atoms with Crippen molar-refractivity contribution in [3.05, 3.63) is 58.6 Å². The van der Waals surface area contributed by atoms with Gasteiger partial charge in [0.2, 0.25) is 0 Å². The summed E-state index contributed by atoms with van der Waals surface area (Å²) in [5, 5.41) is 3.01. The lowest BCUT2D eigenvalue weighted by molar-refractivity contribution is 0.0963. The molecule has 0 aliphatic heterocycles. The van der Waals surface area contributed by atoms with Crippen molar-refractivity contribution in [3.63, 3.8) is 0 Å². The Kier molecular flexibility index (Phi) is 4.73. The zero-order valence-electron chi connectivity index (χ0n) is 12.1. The molecule has 116 valence electrons. The van der Waals surface area contributed by atoms with Crippen LogP contribution in [0.15, 0.2) is 47.4 Å². The van der Waals surface area contributed by atoms with Crippen LogP contribution >= 0.6 is 11.6 Å². The van der Waals surface area contributed by atoms with Gasteiger partial charge < -0.3 is 5.32 Å². The lowest BCUT2D eigenvalue weighted by atomic mass is 10.2. The van der Waals surface area contributed by atoms with Gasteiger partial charge in [-0.05, 0) is 55.0 Å². The van der Waals surface area contributed by atoms with Crippen molar-refractivity contribution in [3.8, 4) is 0 Å². The first-order chi connectivity index (χ1) is 10.3. The average molecular weight is 339 g/mol. The van der Waals surface area contributed by atoms with Gasteiger partial charge in [-0.25, -0.2) is 8.42 Å². The molecule has 0 aliphatic carbocycles. The molecule has 0 spiro atoms. The Balaban J connectivity index is 2.28. The van der Waals surface area contributed by atoms with Crippen molar-refractivity contribution in [1.29, 1.82) is 0 Å². The number of amides is 1. The molecule has 0 fully saturated rings. The van der Waals surface area contributed by atoms with Crippen LogP contribution in [0.4, 0.5) is 5.69 Å². The van der Waals surface area contributed by atoms with Gasteiger partial charge in [0.1, 0.15) is 0 Å². The molecular formula is C15H15ClN2O3S. The van der Waals surface area contributed by atoms with E-state index in [-0.39, 0.29) is 10.8 Å². The fourth-order valence-corrected chi connectivity index (χ4v) is 3.23. The number of aryl methyl sites for hydroxylation is 1. The van der Waals surface area contributed by atoms with Crippen LogP contribution in [0.25, 0.3) is 0 Å². The van der Waals surface area contributed by atoms with E-state index in [2.05, 4.69) is 10.0 Å². The van der Waals surface area contributed by atoms with Crippen LogP contribution in [0.3, 0.4) is 0 Å². The quantitative estimate of drug-likeness (QED) is 0.900. The average Bonchev–Trinajstić information content (AvgIpc) is 2.49. The van der Waals surface area contributed by atoms with Crippen molar-refractivity contribution in [1.82, 2.24) is 5.32 Å². The number of sulfonamides is 1. The fourth-order valence-electron chi connectivity index (χ4n) is 1.88. The van der Waals surface area contributed by atoms with E-state index in [1.165, 1.54) is 31.3 Å². The van der Waals surface area contributed by atoms with E-state index < -0.39 is 10.0 Å². The summed E-state index contributed by atoms with van der Waals surface area (Å²) in [7, 11) is -2.21. The van der Waals surface area contributed by atoms with Gasteiger partial charge in [0.25, 0.3) is 15.9 Å². The minimum Gasteiger partial charge on any atom is -0.355 e. The Morgan fingerprint density at radius 1 is 1.09 bits per heavy atom. The monoisotopic (exact) mass is 338 g/mol. The molecule has 7 heteroatoms. The van der Waals surface area contributed by atoms with Gasteiger partial charge in [0.05, 0.1) is 10.6 Å². The molecule has 0 bridgehead atoms. The molecule has 2 aromatic carbocycles. The third-order valence-corrected chi connectivity index (χ3v) is 4.70. The van der Waals surface area contributed by atoms with Gasteiger partial charge in [-0.2, -0.15) is 0 Å². The molecule has 2 aromatic rings. The van der Waals surface area contributed by atoms with Gasteiger partial charge in [-0.3, -0.25) is 9.52 Å². The summed E-state index contributed by atoms with van der Waals surface area (Å²) >= 11 is 5.85. The zero-order chi connectivity index (χ0) is 16.3. The highest BCUT2D eigenvalue weighted by atomic mass is 35.5. The van der Waals surface area contributed by atoms with Gasteiger partial charge in [-0.15, -0.1) is 0 Å². The third-order valence-electron chi connectivity index (χ3n) is 3.09. The number of benzene rings is 2. The first-order valence-corrected chi connectivity index (χ1v) is 8.31. The molecule has 1 amide bonds. The maximum Gasteiger partial charge on any atom is 0.261 e. The van der Waals surface area contributed by atoms with Gasteiger partial charge in [0, 0.05) is 17.6 Å². The Morgan fingerprint density at radius 2 is 1.73 bits per heavy atom. The number of hydrogen-bond acceptors (Lipinski definition) is 3. The van der Waals surface area contributed by atoms with Gasteiger partial charge >= 0.3 is 0 Å². The molecule has 22 heavy (non-hydrogen) atoms. The fraction of sp³-hybridized carbons (Fsp3) is 0.133. The largest absolute Gasteiger partial charge is 0.355 e. The van der Waals surface area contributed by atoms with Gasteiger partial charge in [0.15, 0.2) is 0 Å². The van der Waals surface area contributed by atoms with E-state index in [4.69, 9.17) is 11.6 Å². The van der Waals surface area contributed by atoms with Crippen LogP contribution in [0.2, 0.25) is 5.02 Å². The standard InChI is InChI=1S/C15H15ClN2O3S/c1-10-9-12(16)5-8-14(10)18-22(20,21)13-6-3-11(4-7-13)15(19)17-2/h3-9,18H,1-2H3,(H,17,19). The minimum absolute atomic E-state index is 0.0782.